The minimum atomic E-state index is 0.634. The molecule has 3 fully saturated rings. The van der Waals surface area contributed by atoms with Gasteiger partial charge in [0.05, 0.1) is 6.33 Å². The summed E-state index contributed by atoms with van der Waals surface area (Å²) in [5, 5.41) is 4.01. The van der Waals surface area contributed by atoms with E-state index in [1.165, 1.54) is 70.6 Å². The van der Waals surface area contributed by atoms with Crippen LogP contribution in [0.4, 0.5) is 0 Å². The number of hydrogen-bond acceptors (Lipinski definition) is 2. The fourth-order valence-corrected chi connectivity index (χ4v) is 5.28. The second kappa shape index (κ2) is 5.75. The third-order valence-electron chi connectivity index (χ3n) is 6.55. The van der Waals surface area contributed by atoms with E-state index in [0.717, 1.165) is 11.5 Å². The second-order valence-corrected chi connectivity index (χ2v) is 7.76. The van der Waals surface area contributed by atoms with Gasteiger partial charge in [0, 0.05) is 30.5 Å². The molecule has 1 aromatic rings. The molecule has 116 valence electrons. The highest BCUT2D eigenvalue weighted by molar-refractivity contribution is 4.96. The molecule has 1 N–H and O–H groups in total. The molecule has 0 aliphatic heterocycles. The quantitative estimate of drug-likeness (QED) is 0.908. The summed E-state index contributed by atoms with van der Waals surface area (Å²) in [7, 11) is 0. The van der Waals surface area contributed by atoms with Gasteiger partial charge in [0.25, 0.3) is 0 Å². The van der Waals surface area contributed by atoms with Crippen molar-refractivity contribution in [1.82, 2.24) is 14.9 Å². The molecule has 0 amide bonds. The zero-order valence-corrected chi connectivity index (χ0v) is 13.1. The molecular weight excluding hydrogens is 258 g/mol. The highest BCUT2D eigenvalue weighted by atomic mass is 15.1. The highest BCUT2D eigenvalue weighted by Gasteiger charge is 2.38. The normalized spacial score (nSPS) is 33.0. The zero-order chi connectivity index (χ0) is 14.1. The molecule has 3 nitrogen and oxygen atoms in total. The van der Waals surface area contributed by atoms with Gasteiger partial charge in [0.2, 0.25) is 0 Å². The van der Waals surface area contributed by atoms with E-state index in [2.05, 4.69) is 21.1 Å². The molecule has 2 unspecified atom stereocenters. The Bertz CT molecular complexity index is 437. The van der Waals surface area contributed by atoms with Gasteiger partial charge in [0.1, 0.15) is 0 Å². The first-order chi connectivity index (χ1) is 10.3. The van der Waals surface area contributed by atoms with Gasteiger partial charge in [-0.25, -0.2) is 4.98 Å². The molecule has 3 aliphatic carbocycles. The summed E-state index contributed by atoms with van der Waals surface area (Å²) in [5.41, 5.74) is 0.762. The summed E-state index contributed by atoms with van der Waals surface area (Å²) < 4.78 is 2.33. The molecule has 3 saturated carbocycles. The van der Waals surface area contributed by atoms with Gasteiger partial charge in [0.15, 0.2) is 0 Å². The summed E-state index contributed by atoms with van der Waals surface area (Å²) in [4.78, 5) is 4.23. The third kappa shape index (κ3) is 2.77. The van der Waals surface area contributed by atoms with Crippen molar-refractivity contribution in [3.63, 3.8) is 0 Å². The van der Waals surface area contributed by atoms with Crippen molar-refractivity contribution in [2.24, 2.45) is 5.41 Å². The number of nitrogens with zero attached hydrogens (tertiary/aromatic N) is 2. The van der Waals surface area contributed by atoms with E-state index in [0.29, 0.717) is 12.1 Å². The summed E-state index contributed by atoms with van der Waals surface area (Å²) in [6, 6.07) is 2.07. The Hall–Kier alpha value is -0.830. The van der Waals surface area contributed by atoms with Gasteiger partial charge in [-0.1, -0.05) is 12.8 Å². The number of rotatable bonds is 3. The maximum absolute atomic E-state index is 4.23. The largest absolute Gasteiger partial charge is 0.333 e. The molecule has 1 heterocycles. The van der Waals surface area contributed by atoms with Gasteiger partial charge in [-0.3, -0.25) is 0 Å². The van der Waals surface area contributed by atoms with E-state index in [-0.39, 0.29) is 0 Å². The lowest BCUT2D eigenvalue weighted by atomic mass is 9.71. The number of hydrogen-bond donors (Lipinski definition) is 1. The van der Waals surface area contributed by atoms with Crippen LogP contribution in [0, 0.1) is 5.41 Å². The van der Waals surface area contributed by atoms with Crippen LogP contribution in [0.1, 0.15) is 76.7 Å². The number of aromatic nitrogens is 2. The van der Waals surface area contributed by atoms with Gasteiger partial charge >= 0.3 is 0 Å². The van der Waals surface area contributed by atoms with Gasteiger partial charge < -0.3 is 9.88 Å². The summed E-state index contributed by atoms with van der Waals surface area (Å²) in [5.74, 6) is 0. The highest BCUT2D eigenvalue weighted by Crippen LogP contribution is 2.49. The van der Waals surface area contributed by atoms with Crippen molar-refractivity contribution in [2.75, 3.05) is 0 Å². The fourth-order valence-electron chi connectivity index (χ4n) is 5.28. The van der Waals surface area contributed by atoms with Crippen molar-refractivity contribution in [2.45, 2.75) is 88.8 Å². The molecule has 1 aromatic heterocycles. The zero-order valence-electron chi connectivity index (χ0n) is 13.1. The smallest absolute Gasteiger partial charge is 0.0949 e. The van der Waals surface area contributed by atoms with Crippen molar-refractivity contribution in [3.8, 4) is 0 Å². The predicted molar refractivity (Wildman–Crippen MR) is 85.2 cm³/mol. The lowest BCUT2D eigenvalue weighted by Crippen LogP contribution is -2.44. The van der Waals surface area contributed by atoms with Gasteiger partial charge in [-0.15, -0.1) is 0 Å². The lowest BCUT2D eigenvalue weighted by molar-refractivity contribution is 0.158. The van der Waals surface area contributed by atoms with Crippen molar-refractivity contribution in [1.29, 1.82) is 0 Å². The molecule has 4 rings (SSSR count). The fraction of sp³-hybridized carbons (Fsp3) is 0.833. The summed E-state index contributed by atoms with van der Waals surface area (Å²) >= 11 is 0. The molecule has 3 aliphatic rings. The Morgan fingerprint density at radius 3 is 2.48 bits per heavy atom. The maximum atomic E-state index is 4.23. The first-order valence-electron chi connectivity index (χ1n) is 9.08. The molecule has 0 bridgehead atoms. The second-order valence-electron chi connectivity index (χ2n) is 7.76. The number of imidazole rings is 1. The van der Waals surface area contributed by atoms with Crippen LogP contribution in [0.25, 0.3) is 0 Å². The van der Waals surface area contributed by atoms with Gasteiger partial charge in [-0.05, 0) is 63.2 Å². The summed E-state index contributed by atoms with van der Waals surface area (Å²) in [6.45, 7) is 0. The third-order valence-corrected chi connectivity index (χ3v) is 6.55. The van der Waals surface area contributed by atoms with E-state index in [1.807, 2.05) is 12.5 Å². The monoisotopic (exact) mass is 287 g/mol. The van der Waals surface area contributed by atoms with Crippen LogP contribution in [0.2, 0.25) is 0 Å². The van der Waals surface area contributed by atoms with Crippen LogP contribution >= 0.6 is 0 Å². The number of nitrogens with one attached hydrogen (secondary N) is 1. The van der Waals surface area contributed by atoms with Crippen LogP contribution in [0.5, 0.6) is 0 Å². The van der Waals surface area contributed by atoms with Crippen molar-refractivity contribution >= 4 is 0 Å². The van der Waals surface area contributed by atoms with Crippen LogP contribution in [0.3, 0.4) is 0 Å². The van der Waals surface area contributed by atoms with Crippen molar-refractivity contribution in [3.05, 3.63) is 18.7 Å². The van der Waals surface area contributed by atoms with Crippen LogP contribution in [-0.4, -0.2) is 21.6 Å². The standard InChI is InChI=1S/C18H29N3/c1-2-9-18(8-1)10-6-15(7-11-18)20-16-4-3-5-17(16)21-13-12-19-14-21/h12-17,20H,1-11H2. The Morgan fingerprint density at radius 1 is 0.952 bits per heavy atom. The topological polar surface area (TPSA) is 29.9 Å². The maximum Gasteiger partial charge on any atom is 0.0949 e. The molecule has 0 aromatic carbocycles. The lowest BCUT2D eigenvalue weighted by Gasteiger charge is -2.39. The minimum absolute atomic E-state index is 0.634. The predicted octanol–water partition coefficient (Wildman–Crippen LogP) is 4.07. The molecule has 0 radical (unpaired) electrons. The first-order valence-corrected chi connectivity index (χ1v) is 9.08. The average molecular weight is 287 g/mol. The Balaban J connectivity index is 1.34. The Labute approximate surface area is 128 Å². The van der Waals surface area contributed by atoms with E-state index in [1.54, 1.807) is 0 Å². The van der Waals surface area contributed by atoms with Crippen LogP contribution in [-0.2, 0) is 0 Å². The minimum Gasteiger partial charge on any atom is -0.333 e. The van der Waals surface area contributed by atoms with E-state index in [4.69, 9.17) is 0 Å². The summed E-state index contributed by atoms with van der Waals surface area (Å²) in [6.07, 6.45) is 21.8. The SMILES string of the molecule is c1cn(C2CCCC2NC2CCC3(CCCC3)CC2)cn1. The Kier molecular flexibility index (Phi) is 3.78. The first kappa shape index (κ1) is 13.8. The van der Waals surface area contributed by atoms with E-state index >= 15 is 0 Å². The van der Waals surface area contributed by atoms with Crippen LogP contribution in [0.15, 0.2) is 18.7 Å². The molecular formula is C18H29N3. The average Bonchev–Trinajstić information content (AvgIpc) is 3.23. The van der Waals surface area contributed by atoms with E-state index < -0.39 is 0 Å². The molecule has 2 atom stereocenters. The molecule has 0 saturated heterocycles. The molecule has 3 heteroatoms. The molecule has 1 spiro atoms. The Morgan fingerprint density at radius 2 is 1.76 bits per heavy atom. The van der Waals surface area contributed by atoms with E-state index in [9.17, 15) is 0 Å². The van der Waals surface area contributed by atoms with Gasteiger partial charge in [-0.2, -0.15) is 0 Å². The van der Waals surface area contributed by atoms with Crippen LogP contribution < -0.4 is 5.32 Å². The van der Waals surface area contributed by atoms with Crippen molar-refractivity contribution < 1.29 is 0 Å². The molecule has 21 heavy (non-hydrogen) atoms.